The lowest BCUT2D eigenvalue weighted by molar-refractivity contribution is 0.415. The SMILES string of the molecule is O=S1CCC(NCc2cccc(F)c2O)CC1. The smallest absolute Gasteiger partial charge is 0.165 e. The van der Waals surface area contributed by atoms with Gasteiger partial charge in [0.1, 0.15) is 0 Å². The van der Waals surface area contributed by atoms with Crippen LogP contribution in [0.2, 0.25) is 0 Å². The average molecular weight is 257 g/mol. The zero-order valence-electron chi connectivity index (χ0n) is 9.49. The Labute approximate surface area is 102 Å². The maximum atomic E-state index is 13.1. The first-order valence-electron chi connectivity index (χ1n) is 5.71. The van der Waals surface area contributed by atoms with E-state index in [9.17, 15) is 13.7 Å². The first-order valence-corrected chi connectivity index (χ1v) is 7.20. The summed E-state index contributed by atoms with van der Waals surface area (Å²) < 4.78 is 24.3. The summed E-state index contributed by atoms with van der Waals surface area (Å²) in [4.78, 5) is 0. The van der Waals surface area contributed by atoms with E-state index in [0.29, 0.717) is 18.2 Å². The molecule has 0 saturated carbocycles. The quantitative estimate of drug-likeness (QED) is 0.863. The fourth-order valence-corrected chi connectivity index (χ4v) is 3.25. The number of rotatable bonds is 3. The van der Waals surface area contributed by atoms with Crippen LogP contribution in [0, 0.1) is 5.82 Å². The number of hydrogen-bond donors (Lipinski definition) is 2. The lowest BCUT2D eigenvalue weighted by Crippen LogP contribution is -2.35. The summed E-state index contributed by atoms with van der Waals surface area (Å²) >= 11 is 0. The van der Waals surface area contributed by atoms with Gasteiger partial charge in [-0.2, -0.15) is 0 Å². The Morgan fingerprint density at radius 1 is 1.41 bits per heavy atom. The maximum Gasteiger partial charge on any atom is 0.165 e. The molecule has 17 heavy (non-hydrogen) atoms. The Kier molecular flexibility index (Phi) is 4.12. The van der Waals surface area contributed by atoms with Gasteiger partial charge in [-0.05, 0) is 18.9 Å². The summed E-state index contributed by atoms with van der Waals surface area (Å²) in [5.41, 5.74) is 0.566. The van der Waals surface area contributed by atoms with Crippen LogP contribution in [-0.2, 0) is 17.3 Å². The van der Waals surface area contributed by atoms with Gasteiger partial charge in [-0.3, -0.25) is 4.21 Å². The van der Waals surface area contributed by atoms with E-state index in [4.69, 9.17) is 0 Å². The van der Waals surface area contributed by atoms with Gasteiger partial charge in [0.2, 0.25) is 0 Å². The molecule has 0 bridgehead atoms. The van der Waals surface area contributed by atoms with Crippen LogP contribution in [0.5, 0.6) is 5.75 Å². The van der Waals surface area contributed by atoms with Crippen LogP contribution in [0.4, 0.5) is 4.39 Å². The van der Waals surface area contributed by atoms with Crippen LogP contribution in [-0.4, -0.2) is 26.9 Å². The van der Waals surface area contributed by atoms with Gasteiger partial charge in [0.25, 0.3) is 0 Å². The molecule has 94 valence electrons. The summed E-state index contributed by atoms with van der Waals surface area (Å²) in [5.74, 6) is 0.591. The maximum absolute atomic E-state index is 13.1. The molecule has 0 aliphatic carbocycles. The minimum atomic E-state index is -0.666. The van der Waals surface area contributed by atoms with Crippen LogP contribution in [0.25, 0.3) is 0 Å². The molecule has 5 heteroatoms. The molecule has 1 aliphatic heterocycles. The fraction of sp³-hybridized carbons (Fsp3) is 0.500. The van der Waals surface area contributed by atoms with Gasteiger partial charge in [0.15, 0.2) is 11.6 Å². The molecule has 1 heterocycles. The normalized spacial score (nSPS) is 24.8. The summed E-state index contributed by atoms with van der Waals surface area (Å²) in [7, 11) is -0.666. The molecular weight excluding hydrogens is 241 g/mol. The van der Waals surface area contributed by atoms with Gasteiger partial charge >= 0.3 is 0 Å². The monoisotopic (exact) mass is 257 g/mol. The number of nitrogens with one attached hydrogen (secondary N) is 1. The second-order valence-corrected chi connectivity index (χ2v) is 5.95. The van der Waals surface area contributed by atoms with Crippen molar-refractivity contribution >= 4 is 10.8 Å². The van der Waals surface area contributed by atoms with Crippen molar-refractivity contribution in [1.82, 2.24) is 5.32 Å². The zero-order valence-corrected chi connectivity index (χ0v) is 10.3. The molecule has 0 spiro atoms. The number of hydrogen-bond acceptors (Lipinski definition) is 3. The van der Waals surface area contributed by atoms with Crippen LogP contribution < -0.4 is 5.32 Å². The molecule has 1 fully saturated rings. The number of aromatic hydroxyl groups is 1. The number of benzene rings is 1. The Balaban J connectivity index is 1.89. The van der Waals surface area contributed by atoms with Crippen molar-refractivity contribution in [2.24, 2.45) is 0 Å². The number of phenolic OH excluding ortho intramolecular Hbond substituents is 1. The third kappa shape index (κ3) is 3.26. The summed E-state index contributed by atoms with van der Waals surface area (Å²) in [6.07, 6.45) is 1.76. The molecule has 0 aromatic heterocycles. The summed E-state index contributed by atoms with van der Waals surface area (Å²) in [6.45, 7) is 0.445. The molecular formula is C12H16FNO2S. The lowest BCUT2D eigenvalue weighted by Gasteiger charge is -2.22. The second kappa shape index (κ2) is 5.60. The molecule has 1 aromatic carbocycles. The van der Waals surface area contributed by atoms with E-state index in [1.54, 1.807) is 12.1 Å². The van der Waals surface area contributed by atoms with E-state index >= 15 is 0 Å². The van der Waals surface area contributed by atoms with Crippen molar-refractivity contribution in [2.75, 3.05) is 11.5 Å². The number of phenols is 1. The predicted molar refractivity (Wildman–Crippen MR) is 65.8 cm³/mol. The third-order valence-electron chi connectivity index (χ3n) is 3.04. The summed E-state index contributed by atoms with van der Waals surface area (Å²) in [5, 5.41) is 12.8. The van der Waals surface area contributed by atoms with E-state index in [0.717, 1.165) is 24.3 Å². The van der Waals surface area contributed by atoms with Crippen LogP contribution in [0.15, 0.2) is 18.2 Å². The van der Waals surface area contributed by atoms with Gasteiger partial charge < -0.3 is 10.4 Å². The number of para-hydroxylation sites is 1. The standard InChI is InChI=1S/C12H16FNO2S/c13-11-3-1-2-9(12(11)15)8-14-10-4-6-17(16)7-5-10/h1-3,10,14-15H,4-8H2. The average Bonchev–Trinajstić information content (AvgIpc) is 2.33. The molecule has 0 unspecified atom stereocenters. The van der Waals surface area contributed by atoms with Gasteiger partial charge in [0, 0.05) is 40.5 Å². The van der Waals surface area contributed by atoms with Crippen LogP contribution in [0.3, 0.4) is 0 Å². The van der Waals surface area contributed by atoms with Crippen molar-refractivity contribution in [2.45, 2.75) is 25.4 Å². The van der Waals surface area contributed by atoms with Crippen molar-refractivity contribution in [3.63, 3.8) is 0 Å². The topological polar surface area (TPSA) is 49.3 Å². The molecule has 2 rings (SSSR count). The largest absolute Gasteiger partial charge is 0.505 e. The van der Waals surface area contributed by atoms with Crippen molar-refractivity contribution in [3.8, 4) is 5.75 Å². The molecule has 2 N–H and O–H groups in total. The highest BCUT2D eigenvalue weighted by molar-refractivity contribution is 7.85. The summed E-state index contributed by atoms with van der Waals surface area (Å²) in [6, 6.07) is 4.84. The predicted octanol–water partition coefficient (Wildman–Crippen LogP) is 1.53. The highest BCUT2D eigenvalue weighted by Gasteiger charge is 2.17. The van der Waals surface area contributed by atoms with Gasteiger partial charge in [-0.15, -0.1) is 0 Å². The molecule has 0 amide bonds. The lowest BCUT2D eigenvalue weighted by atomic mass is 10.1. The molecule has 0 radical (unpaired) electrons. The Morgan fingerprint density at radius 3 is 2.82 bits per heavy atom. The Morgan fingerprint density at radius 2 is 2.12 bits per heavy atom. The Hall–Kier alpha value is -0.940. The molecule has 0 atom stereocenters. The second-order valence-electron chi connectivity index (χ2n) is 4.25. The third-order valence-corrected chi connectivity index (χ3v) is 4.42. The van der Waals surface area contributed by atoms with Gasteiger partial charge in [-0.1, -0.05) is 12.1 Å². The Bertz CT molecular complexity index is 415. The zero-order chi connectivity index (χ0) is 12.3. The molecule has 3 nitrogen and oxygen atoms in total. The first kappa shape index (κ1) is 12.5. The van der Waals surface area contributed by atoms with Crippen LogP contribution >= 0.6 is 0 Å². The number of halogens is 1. The fourth-order valence-electron chi connectivity index (χ4n) is 1.95. The van der Waals surface area contributed by atoms with Gasteiger partial charge in [-0.25, -0.2) is 4.39 Å². The van der Waals surface area contributed by atoms with Crippen molar-refractivity contribution < 1.29 is 13.7 Å². The van der Waals surface area contributed by atoms with E-state index in [1.165, 1.54) is 6.07 Å². The minimum absolute atomic E-state index is 0.278. The molecule has 1 aromatic rings. The van der Waals surface area contributed by atoms with E-state index in [-0.39, 0.29) is 5.75 Å². The van der Waals surface area contributed by atoms with Crippen LogP contribution in [0.1, 0.15) is 18.4 Å². The molecule has 1 aliphatic rings. The first-order chi connectivity index (χ1) is 8.16. The highest BCUT2D eigenvalue weighted by Crippen LogP contribution is 2.21. The van der Waals surface area contributed by atoms with E-state index < -0.39 is 16.6 Å². The molecule has 1 saturated heterocycles. The van der Waals surface area contributed by atoms with E-state index in [1.807, 2.05) is 0 Å². The highest BCUT2D eigenvalue weighted by atomic mass is 32.2. The van der Waals surface area contributed by atoms with Crippen molar-refractivity contribution in [1.29, 1.82) is 0 Å². The van der Waals surface area contributed by atoms with Gasteiger partial charge in [0.05, 0.1) is 0 Å². The minimum Gasteiger partial charge on any atom is -0.505 e. The van der Waals surface area contributed by atoms with Crippen molar-refractivity contribution in [3.05, 3.63) is 29.6 Å². The van der Waals surface area contributed by atoms with E-state index in [2.05, 4.69) is 5.32 Å².